The molecule has 0 unspecified atom stereocenters. The van der Waals surface area contributed by atoms with Crippen LogP contribution in [0.1, 0.15) is 12.8 Å². The van der Waals surface area contributed by atoms with Crippen molar-refractivity contribution >= 4 is 11.8 Å². The molecule has 0 N–H and O–H groups in total. The van der Waals surface area contributed by atoms with Gasteiger partial charge in [-0.15, -0.1) is 11.8 Å². The first-order valence-electron chi connectivity index (χ1n) is 3.77. The van der Waals surface area contributed by atoms with Gasteiger partial charge in [0.15, 0.2) is 0 Å². The fourth-order valence-electron chi connectivity index (χ4n) is 0.892. The molecule has 0 atom stereocenters. The van der Waals surface area contributed by atoms with Gasteiger partial charge in [0.05, 0.1) is 0 Å². The lowest BCUT2D eigenvalue weighted by Gasteiger charge is -1.96. The van der Waals surface area contributed by atoms with E-state index in [1.165, 1.54) is 29.9 Å². The molecule has 0 heterocycles. The van der Waals surface area contributed by atoms with Crippen molar-refractivity contribution in [2.45, 2.75) is 23.0 Å². The molecule has 1 aliphatic carbocycles. The molecule has 0 nitrogen and oxygen atoms in total. The second kappa shape index (κ2) is 2.86. The average molecular weight is 168 g/mol. The van der Waals surface area contributed by atoms with Gasteiger partial charge in [0.2, 0.25) is 0 Å². The fraction of sp³-hybridized carbons (Fsp3) is 0.333. The molecule has 1 aromatic rings. The van der Waals surface area contributed by atoms with Crippen LogP contribution in [-0.4, -0.2) is 5.25 Å². The van der Waals surface area contributed by atoms with Gasteiger partial charge >= 0.3 is 0 Å². The Bertz CT molecular complexity index is 238. The summed E-state index contributed by atoms with van der Waals surface area (Å²) in [5.74, 6) is -0.148. The van der Waals surface area contributed by atoms with Gasteiger partial charge in [-0.25, -0.2) is 4.39 Å². The molecule has 2 heteroatoms. The molecule has 58 valence electrons. The van der Waals surface area contributed by atoms with Crippen molar-refractivity contribution < 1.29 is 4.39 Å². The largest absolute Gasteiger partial charge is 0.207 e. The molecule has 1 aliphatic rings. The van der Waals surface area contributed by atoms with E-state index in [9.17, 15) is 4.39 Å². The summed E-state index contributed by atoms with van der Waals surface area (Å²) in [6.07, 6.45) is 2.64. The fourth-order valence-corrected chi connectivity index (χ4v) is 1.94. The quantitative estimate of drug-likeness (QED) is 0.654. The lowest BCUT2D eigenvalue weighted by Crippen LogP contribution is -1.76. The van der Waals surface area contributed by atoms with Crippen LogP contribution in [0.3, 0.4) is 0 Å². The van der Waals surface area contributed by atoms with Gasteiger partial charge in [0, 0.05) is 10.1 Å². The van der Waals surface area contributed by atoms with E-state index in [4.69, 9.17) is 0 Å². The van der Waals surface area contributed by atoms with Crippen molar-refractivity contribution in [3.63, 3.8) is 0 Å². The van der Waals surface area contributed by atoms with Gasteiger partial charge in [0.1, 0.15) is 5.82 Å². The predicted molar refractivity (Wildman–Crippen MR) is 45.3 cm³/mol. The van der Waals surface area contributed by atoms with Crippen LogP contribution in [0.15, 0.2) is 29.2 Å². The smallest absolute Gasteiger partial charge is 0.123 e. The van der Waals surface area contributed by atoms with Crippen molar-refractivity contribution in [1.82, 2.24) is 0 Å². The Kier molecular flexibility index (Phi) is 1.86. The zero-order valence-corrected chi connectivity index (χ0v) is 6.90. The molecular formula is C9H9FS. The third kappa shape index (κ3) is 1.96. The molecule has 0 radical (unpaired) electrons. The van der Waals surface area contributed by atoms with Gasteiger partial charge in [-0.2, -0.15) is 0 Å². The molecular weight excluding hydrogens is 159 g/mol. The van der Waals surface area contributed by atoms with Crippen molar-refractivity contribution in [3.8, 4) is 0 Å². The van der Waals surface area contributed by atoms with Crippen LogP contribution in [0.5, 0.6) is 0 Å². The molecule has 2 rings (SSSR count). The van der Waals surface area contributed by atoms with Crippen LogP contribution in [0, 0.1) is 5.82 Å². The summed E-state index contributed by atoms with van der Waals surface area (Å²) in [7, 11) is 0. The summed E-state index contributed by atoms with van der Waals surface area (Å²) in [5, 5.41) is 0.806. The van der Waals surface area contributed by atoms with Crippen molar-refractivity contribution in [1.29, 1.82) is 0 Å². The number of thioether (sulfide) groups is 1. The first-order valence-corrected chi connectivity index (χ1v) is 4.65. The predicted octanol–water partition coefficient (Wildman–Crippen LogP) is 3.08. The molecule has 1 saturated carbocycles. The molecule has 0 spiro atoms. The van der Waals surface area contributed by atoms with E-state index in [-0.39, 0.29) is 5.82 Å². The second-order valence-electron chi connectivity index (χ2n) is 2.77. The van der Waals surface area contributed by atoms with Crippen LogP contribution < -0.4 is 0 Å². The highest BCUT2D eigenvalue weighted by Gasteiger charge is 2.22. The number of hydrogen-bond donors (Lipinski definition) is 0. The molecule has 0 bridgehead atoms. The number of rotatable bonds is 2. The van der Waals surface area contributed by atoms with Crippen LogP contribution in [0.4, 0.5) is 4.39 Å². The standard InChI is InChI=1S/C9H9FS/c10-7-1-3-8(4-2-7)11-9-5-6-9/h1-4,9H,5-6H2. The van der Waals surface area contributed by atoms with E-state index in [0.717, 1.165) is 5.25 Å². The Morgan fingerprint density at radius 3 is 2.36 bits per heavy atom. The SMILES string of the molecule is Fc1ccc(SC2CC2)cc1. The summed E-state index contributed by atoms with van der Waals surface area (Å²) in [6, 6.07) is 6.73. The van der Waals surface area contributed by atoms with Gasteiger partial charge in [-0.05, 0) is 37.1 Å². The van der Waals surface area contributed by atoms with Gasteiger partial charge < -0.3 is 0 Å². The summed E-state index contributed by atoms with van der Waals surface area (Å²) in [5.41, 5.74) is 0. The minimum absolute atomic E-state index is 0.148. The van der Waals surface area contributed by atoms with E-state index in [2.05, 4.69) is 0 Å². The topological polar surface area (TPSA) is 0 Å². The molecule has 1 fully saturated rings. The highest BCUT2D eigenvalue weighted by Crippen LogP contribution is 2.38. The van der Waals surface area contributed by atoms with E-state index in [0.29, 0.717) is 0 Å². The Morgan fingerprint density at radius 2 is 1.82 bits per heavy atom. The number of benzene rings is 1. The molecule has 1 aromatic carbocycles. The molecule has 0 aliphatic heterocycles. The van der Waals surface area contributed by atoms with Gasteiger partial charge in [-0.3, -0.25) is 0 Å². The van der Waals surface area contributed by atoms with Crippen molar-refractivity contribution in [2.24, 2.45) is 0 Å². The molecule has 11 heavy (non-hydrogen) atoms. The van der Waals surface area contributed by atoms with Crippen LogP contribution in [0.25, 0.3) is 0 Å². The Labute approximate surface area is 69.8 Å². The monoisotopic (exact) mass is 168 g/mol. The maximum atomic E-state index is 12.4. The third-order valence-electron chi connectivity index (χ3n) is 1.64. The molecule has 0 amide bonds. The maximum absolute atomic E-state index is 12.4. The van der Waals surface area contributed by atoms with E-state index >= 15 is 0 Å². The highest BCUT2D eigenvalue weighted by molar-refractivity contribution is 8.00. The summed E-state index contributed by atoms with van der Waals surface area (Å²) >= 11 is 1.85. The van der Waals surface area contributed by atoms with Crippen molar-refractivity contribution in [3.05, 3.63) is 30.1 Å². The van der Waals surface area contributed by atoms with E-state index in [1.54, 1.807) is 0 Å². The van der Waals surface area contributed by atoms with Crippen molar-refractivity contribution in [2.75, 3.05) is 0 Å². The summed E-state index contributed by atoms with van der Waals surface area (Å²) in [4.78, 5) is 1.19. The number of hydrogen-bond acceptors (Lipinski definition) is 1. The third-order valence-corrected chi connectivity index (χ3v) is 2.99. The zero-order chi connectivity index (χ0) is 7.68. The lowest BCUT2D eigenvalue weighted by molar-refractivity contribution is 0.626. The minimum atomic E-state index is -0.148. The second-order valence-corrected chi connectivity index (χ2v) is 4.14. The normalized spacial score (nSPS) is 16.8. The highest BCUT2D eigenvalue weighted by atomic mass is 32.2. The first kappa shape index (κ1) is 7.17. The van der Waals surface area contributed by atoms with E-state index in [1.807, 2.05) is 23.9 Å². The van der Waals surface area contributed by atoms with Crippen LogP contribution in [-0.2, 0) is 0 Å². The first-order chi connectivity index (χ1) is 5.34. The Balaban J connectivity index is 2.06. The summed E-state index contributed by atoms with van der Waals surface area (Å²) in [6.45, 7) is 0. The van der Waals surface area contributed by atoms with Gasteiger partial charge in [-0.1, -0.05) is 0 Å². The van der Waals surface area contributed by atoms with Crippen LogP contribution >= 0.6 is 11.8 Å². The minimum Gasteiger partial charge on any atom is -0.207 e. The summed E-state index contributed by atoms with van der Waals surface area (Å²) < 4.78 is 12.4. The maximum Gasteiger partial charge on any atom is 0.123 e. The van der Waals surface area contributed by atoms with E-state index < -0.39 is 0 Å². The number of halogens is 1. The Hall–Kier alpha value is -0.500. The van der Waals surface area contributed by atoms with Gasteiger partial charge in [0.25, 0.3) is 0 Å². The van der Waals surface area contributed by atoms with Crippen LogP contribution in [0.2, 0.25) is 0 Å². The zero-order valence-electron chi connectivity index (χ0n) is 6.09. The average Bonchev–Trinajstić information content (AvgIpc) is 2.78. The molecule has 0 aromatic heterocycles. The molecule has 0 saturated heterocycles. The lowest BCUT2D eigenvalue weighted by atomic mass is 10.4. The Morgan fingerprint density at radius 1 is 1.18 bits per heavy atom.